The first-order valence-electron chi connectivity index (χ1n) is 7.28. The SMILES string of the molecule is CNS(=O)(=O)c1ccccc1NC1C2CCOC2C1(C)C. The highest BCUT2D eigenvalue weighted by molar-refractivity contribution is 7.89. The van der Waals surface area contributed by atoms with E-state index < -0.39 is 10.0 Å². The third-order valence-electron chi connectivity index (χ3n) is 4.86. The number of fused-ring (bicyclic) bond motifs is 1. The molecular weight excluding hydrogens is 288 g/mol. The largest absolute Gasteiger partial charge is 0.380 e. The van der Waals surface area contributed by atoms with E-state index in [1.165, 1.54) is 7.05 Å². The lowest BCUT2D eigenvalue weighted by Gasteiger charge is -2.55. The minimum atomic E-state index is -3.46. The molecule has 3 rings (SSSR count). The van der Waals surface area contributed by atoms with Crippen molar-refractivity contribution >= 4 is 15.7 Å². The summed E-state index contributed by atoms with van der Waals surface area (Å²) >= 11 is 0. The van der Waals surface area contributed by atoms with Crippen LogP contribution in [0.4, 0.5) is 5.69 Å². The number of hydrogen-bond donors (Lipinski definition) is 2. The highest BCUT2D eigenvalue weighted by atomic mass is 32.2. The predicted octanol–water partition coefficient (Wildman–Crippen LogP) is 1.82. The zero-order chi connectivity index (χ0) is 15.3. The number of nitrogens with one attached hydrogen (secondary N) is 2. The Morgan fingerprint density at radius 1 is 1.29 bits per heavy atom. The van der Waals surface area contributed by atoms with Gasteiger partial charge in [0.25, 0.3) is 0 Å². The van der Waals surface area contributed by atoms with Crippen LogP contribution in [0.5, 0.6) is 0 Å². The molecule has 1 saturated heterocycles. The summed E-state index contributed by atoms with van der Waals surface area (Å²) in [7, 11) is -2.03. The van der Waals surface area contributed by atoms with Crippen molar-refractivity contribution in [1.29, 1.82) is 0 Å². The molecule has 6 heteroatoms. The molecule has 0 bridgehead atoms. The quantitative estimate of drug-likeness (QED) is 0.890. The molecule has 0 aromatic heterocycles. The molecule has 3 atom stereocenters. The molecule has 1 heterocycles. The molecule has 1 aromatic rings. The summed E-state index contributed by atoms with van der Waals surface area (Å²) in [5.41, 5.74) is 0.674. The molecule has 1 aliphatic heterocycles. The average Bonchev–Trinajstić information content (AvgIpc) is 2.92. The van der Waals surface area contributed by atoms with E-state index in [9.17, 15) is 8.42 Å². The van der Waals surface area contributed by atoms with Gasteiger partial charge in [-0.15, -0.1) is 0 Å². The Kier molecular flexibility index (Phi) is 3.50. The van der Waals surface area contributed by atoms with Crippen LogP contribution in [0, 0.1) is 11.3 Å². The zero-order valence-electron chi connectivity index (χ0n) is 12.6. The Hall–Kier alpha value is -1.11. The Balaban J connectivity index is 1.90. The van der Waals surface area contributed by atoms with Crippen LogP contribution < -0.4 is 10.0 Å². The molecule has 2 aliphatic rings. The first kappa shape index (κ1) is 14.8. The monoisotopic (exact) mass is 310 g/mol. The van der Waals surface area contributed by atoms with Gasteiger partial charge in [0.05, 0.1) is 11.8 Å². The molecule has 3 unspecified atom stereocenters. The van der Waals surface area contributed by atoms with Crippen LogP contribution in [0.25, 0.3) is 0 Å². The van der Waals surface area contributed by atoms with Crippen molar-refractivity contribution in [2.24, 2.45) is 11.3 Å². The van der Waals surface area contributed by atoms with Gasteiger partial charge in [0.1, 0.15) is 4.90 Å². The predicted molar refractivity (Wildman–Crippen MR) is 81.7 cm³/mol. The van der Waals surface area contributed by atoms with Crippen molar-refractivity contribution in [3.8, 4) is 0 Å². The van der Waals surface area contributed by atoms with Crippen molar-refractivity contribution < 1.29 is 13.2 Å². The fraction of sp³-hybridized carbons (Fsp3) is 0.600. The number of sulfonamides is 1. The maximum absolute atomic E-state index is 12.1. The zero-order valence-corrected chi connectivity index (χ0v) is 13.4. The minimum absolute atomic E-state index is 0.0116. The molecule has 2 fully saturated rings. The van der Waals surface area contributed by atoms with Gasteiger partial charge >= 0.3 is 0 Å². The molecule has 2 N–H and O–H groups in total. The standard InChI is InChI=1S/C15H22N2O3S/c1-15(2)13(10-8-9-20-14(10)15)17-11-6-4-5-7-12(11)21(18,19)16-3/h4-7,10,13-14,16-17H,8-9H2,1-3H3. The van der Waals surface area contributed by atoms with E-state index in [-0.39, 0.29) is 17.6 Å². The summed E-state index contributed by atoms with van der Waals surface area (Å²) in [6.45, 7) is 5.14. The van der Waals surface area contributed by atoms with Crippen LogP contribution >= 0.6 is 0 Å². The second kappa shape index (κ2) is 4.97. The highest BCUT2D eigenvalue weighted by Crippen LogP contribution is 2.53. The normalized spacial score (nSPS) is 30.5. The molecule has 0 radical (unpaired) electrons. The molecule has 0 spiro atoms. The maximum atomic E-state index is 12.1. The van der Waals surface area contributed by atoms with Crippen LogP contribution in [0.15, 0.2) is 29.2 Å². The molecule has 21 heavy (non-hydrogen) atoms. The van der Waals surface area contributed by atoms with Crippen molar-refractivity contribution in [1.82, 2.24) is 4.72 Å². The second-order valence-electron chi connectivity index (χ2n) is 6.39. The van der Waals surface area contributed by atoms with E-state index in [2.05, 4.69) is 23.9 Å². The summed E-state index contributed by atoms with van der Waals surface area (Å²) in [5, 5.41) is 3.45. The van der Waals surface area contributed by atoms with Crippen LogP contribution in [-0.4, -0.2) is 34.2 Å². The molecule has 0 amide bonds. The van der Waals surface area contributed by atoms with E-state index in [0.29, 0.717) is 16.5 Å². The Morgan fingerprint density at radius 2 is 2.00 bits per heavy atom. The molecule has 116 valence electrons. The molecule has 5 nitrogen and oxygen atoms in total. The number of para-hydroxylation sites is 1. The van der Waals surface area contributed by atoms with Gasteiger partial charge in [-0.25, -0.2) is 13.1 Å². The van der Waals surface area contributed by atoms with E-state index in [0.717, 1.165) is 13.0 Å². The fourth-order valence-corrected chi connectivity index (χ4v) is 4.61. The van der Waals surface area contributed by atoms with Gasteiger partial charge in [-0.3, -0.25) is 0 Å². The van der Waals surface area contributed by atoms with E-state index in [4.69, 9.17) is 4.74 Å². The first-order chi connectivity index (χ1) is 9.88. The molecule has 1 saturated carbocycles. The van der Waals surface area contributed by atoms with Crippen molar-refractivity contribution in [3.63, 3.8) is 0 Å². The van der Waals surface area contributed by atoms with Crippen molar-refractivity contribution in [2.45, 2.75) is 37.3 Å². The smallest absolute Gasteiger partial charge is 0.242 e. The third kappa shape index (κ3) is 2.25. The van der Waals surface area contributed by atoms with Gasteiger partial charge < -0.3 is 10.1 Å². The van der Waals surface area contributed by atoms with E-state index in [1.807, 2.05) is 12.1 Å². The van der Waals surface area contributed by atoms with Crippen molar-refractivity contribution in [2.75, 3.05) is 19.0 Å². The van der Waals surface area contributed by atoms with Gasteiger partial charge in [-0.1, -0.05) is 26.0 Å². The fourth-order valence-electron chi connectivity index (χ4n) is 3.71. The summed E-state index contributed by atoms with van der Waals surface area (Å²) in [5.74, 6) is 0.463. The van der Waals surface area contributed by atoms with E-state index >= 15 is 0 Å². The third-order valence-corrected chi connectivity index (χ3v) is 6.33. The summed E-state index contributed by atoms with van der Waals surface area (Å²) in [4.78, 5) is 0.297. The number of ether oxygens (including phenoxy) is 1. The van der Waals surface area contributed by atoms with Gasteiger partial charge in [-0.2, -0.15) is 0 Å². The van der Waals surface area contributed by atoms with Crippen molar-refractivity contribution in [3.05, 3.63) is 24.3 Å². The Bertz CT molecular complexity index is 642. The Labute approximate surface area is 126 Å². The summed E-state index contributed by atoms with van der Waals surface area (Å²) < 4.78 is 32.4. The van der Waals surface area contributed by atoms with Gasteiger partial charge in [0, 0.05) is 24.0 Å². The lowest BCUT2D eigenvalue weighted by molar-refractivity contribution is -0.0923. The Morgan fingerprint density at radius 3 is 2.71 bits per heavy atom. The topological polar surface area (TPSA) is 67.4 Å². The van der Waals surface area contributed by atoms with Crippen LogP contribution in [0.1, 0.15) is 20.3 Å². The lowest BCUT2D eigenvalue weighted by Crippen LogP contribution is -2.63. The number of benzene rings is 1. The number of hydrogen-bond acceptors (Lipinski definition) is 4. The van der Waals surface area contributed by atoms with Gasteiger partial charge in [0.2, 0.25) is 10.0 Å². The van der Waals surface area contributed by atoms with E-state index in [1.54, 1.807) is 12.1 Å². The van der Waals surface area contributed by atoms with Crippen LogP contribution in [-0.2, 0) is 14.8 Å². The maximum Gasteiger partial charge on any atom is 0.242 e. The minimum Gasteiger partial charge on any atom is -0.380 e. The van der Waals surface area contributed by atoms with Crippen LogP contribution in [0.3, 0.4) is 0 Å². The summed E-state index contributed by atoms with van der Waals surface area (Å²) in [6.07, 6.45) is 1.32. The number of rotatable bonds is 4. The van der Waals surface area contributed by atoms with Crippen LogP contribution in [0.2, 0.25) is 0 Å². The lowest BCUT2D eigenvalue weighted by atomic mass is 9.57. The van der Waals surface area contributed by atoms with Gasteiger partial charge in [-0.05, 0) is 25.6 Å². The first-order valence-corrected chi connectivity index (χ1v) is 8.77. The molecule has 1 aromatic carbocycles. The second-order valence-corrected chi connectivity index (χ2v) is 8.25. The van der Waals surface area contributed by atoms with Gasteiger partial charge in [0.15, 0.2) is 0 Å². The molecular formula is C15H22N2O3S. The highest BCUT2D eigenvalue weighted by Gasteiger charge is 2.59. The average molecular weight is 310 g/mol. The molecule has 1 aliphatic carbocycles. The number of anilines is 1. The summed E-state index contributed by atoms with van der Waals surface area (Å²) in [6, 6.07) is 7.28.